The van der Waals surface area contributed by atoms with Gasteiger partial charge in [0.1, 0.15) is 0 Å². The molecule has 4 heteroatoms. The van der Waals surface area contributed by atoms with Crippen molar-refractivity contribution in [3.8, 4) is 5.69 Å². The molecule has 3 aromatic rings. The highest BCUT2D eigenvalue weighted by Crippen LogP contribution is 2.20. The Morgan fingerprint density at radius 3 is 2.61 bits per heavy atom. The number of fused-ring (bicyclic) bond motifs is 1. The number of hydrogen-bond acceptors (Lipinski definition) is 2. The van der Waals surface area contributed by atoms with Crippen molar-refractivity contribution in [2.75, 3.05) is 0 Å². The summed E-state index contributed by atoms with van der Waals surface area (Å²) >= 11 is 5.36. The van der Waals surface area contributed by atoms with Crippen molar-refractivity contribution < 1.29 is 5.11 Å². The predicted octanol–water partition coefficient (Wildman–Crippen LogP) is 3.18. The molecule has 3 rings (SSSR count). The number of hydrogen-bond donors (Lipinski definition) is 2. The fourth-order valence-corrected chi connectivity index (χ4v) is 2.39. The number of aromatic amines is 1. The zero-order valence-electron chi connectivity index (χ0n) is 9.63. The molecule has 0 saturated carbocycles. The van der Waals surface area contributed by atoms with Gasteiger partial charge in [0, 0.05) is 5.69 Å². The van der Waals surface area contributed by atoms with Crippen LogP contribution in [-0.4, -0.2) is 14.7 Å². The Morgan fingerprint density at radius 2 is 1.89 bits per heavy atom. The van der Waals surface area contributed by atoms with Crippen LogP contribution in [0.1, 0.15) is 5.56 Å². The van der Waals surface area contributed by atoms with Gasteiger partial charge >= 0.3 is 0 Å². The number of H-pyrrole nitrogens is 1. The average molecular weight is 256 g/mol. The molecule has 0 spiro atoms. The van der Waals surface area contributed by atoms with E-state index in [4.69, 9.17) is 12.2 Å². The van der Waals surface area contributed by atoms with E-state index in [9.17, 15) is 5.11 Å². The number of nitrogens with zero attached hydrogens (tertiary/aromatic N) is 1. The van der Waals surface area contributed by atoms with Crippen LogP contribution < -0.4 is 0 Å². The SMILES string of the molecule is OCc1ccc2[nH]c(=S)n(-c3ccccc3)c2c1. The smallest absolute Gasteiger partial charge is 0.182 e. The van der Waals surface area contributed by atoms with Crippen molar-refractivity contribution in [3.63, 3.8) is 0 Å². The van der Waals surface area contributed by atoms with Crippen molar-refractivity contribution in [2.45, 2.75) is 6.61 Å². The van der Waals surface area contributed by atoms with Crippen molar-refractivity contribution in [2.24, 2.45) is 0 Å². The first-order valence-electron chi connectivity index (χ1n) is 5.69. The summed E-state index contributed by atoms with van der Waals surface area (Å²) in [4.78, 5) is 3.17. The minimum Gasteiger partial charge on any atom is -0.392 e. The quantitative estimate of drug-likeness (QED) is 0.691. The van der Waals surface area contributed by atoms with E-state index in [1.54, 1.807) is 0 Å². The van der Waals surface area contributed by atoms with Crippen LogP contribution in [0.5, 0.6) is 0 Å². The topological polar surface area (TPSA) is 40.9 Å². The van der Waals surface area contributed by atoms with E-state index in [0.717, 1.165) is 22.3 Å². The van der Waals surface area contributed by atoms with Gasteiger partial charge in [-0.1, -0.05) is 24.3 Å². The summed E-state index contributed by atoms with van der Waals surface area (Å²) in [5.74, 6) is 0. The maximum absolute atomic E-state index is 9.22. The fraction of sp³-hybridized carbons (Fsp3) is 0.0714. The number of para-hydroxylation sites is 1. The number of rotatable bonds is 2. The molecule has 0 bridgehead atoms. The van der Waals surface area contributed by atoms with Crippen LogP contribution in [0, 0.1) is 4.77 Å². The lowest BCUT2D eigenvalue weighted by atomic mass is 10.2. The molecule has 2 aromatic carbocycles. The zero-order valence-corrected chi connectivity index (χ0v) is 10.4. The molecule has 0 fully saturated rings. The summed E-state index contributed by atoms with van der Waals surface area (Å²) < 4.78 is 2.63. The molecule has 0 atom stereocenters. The van der Waals surface area contributed by atoms with Crippen LogP contribution in [0.4, 0.5) is 0 Å². The standard InChI is InChI=1S/C14H12N2OS/c17-9-10-6-7-12-13(8-10)16(14(18)15-12)11-4-2-1-3-5-11/h1-8,17H,9H2,(H,15,18). The van der Waals surface area contributed by atoms with Gasteiger partial charge in [0.15, 0.2) is 4.77 Å². The van der Waals surface area contributed by atoms with Crippen LogP contribution in [0.25, 0.3) is 16.7 Å². The Bertz CT molecular complexity index is 743. The molecule has 0 unspecified atom stereocenters. The van der Waals surface area contributed by atoms with Gasteiger partial charge in [-0.25, -0.2) is 0 Å². The van der Waals surface area contributed by atoms with E-state index < -0.39 is 0 Å². The monoisotopic (exact) mass is 256 g/mol. The highest BCUT2D eigenvalue weighted by Gasteiger charge is 2.06. The van der Waals surface area contributed by atoms with Crippen LogP contribution in [0.3, 0.4) is 0 Å². The Balaban J connectivity index is 2.34. The molecule has 2 N–H and O–H groups in total. The first-order valence-corrected chi connectivity index (χ1v) is 6.10. The first kappa shape index (κ1) is 11.2. The third kappa shape index (κ3) is 1.75. The lowest BCUT2D eigenvalue weighted by molar-refractivity contribution is 0.282. The second-order valence-electron chi connectivity index (χ2n) is 4.11. The number of aromatic nitrogens is 2. The summed E-state index contributed by atoms with van der Waals surface area (Å²) in [6.07, 6.45) is 0. The minimum absolute atomic E-state index is 0.0304. The van der Waals surface area contributed by atoms with Gasteiger partial charge in [0.05, 0.1) is 17.6 Å². The van der Waals surface area contributed by atoms with Gasteiger partial charge in [-0.15, -0.1) is 0 Å². The van der Waals surface area contributed by atoms with Gasteiger partial charge in [-0.2, -0.15) is 0 Å². The first-order chi connectivity index (χ1) is 8.79. The van der Waals surface area contributed by atoms with Crippen molar-refractivity contribution in [1.29, 1.82) is 0 Å². The molecule has 18 heavy (non-hydrogen) atoms. The molecule has 0 radical (unpaired) electrons. The summed E-state index contributed by atoms with van der Waals surface area (Å²) in [6.45, 7) is 0.0304. The Morgan fingerprint density at radius 1 is 1.11 bits per heavy atom. The van der Waals surface area contributed by atoms with E-state index in [1.807, 2.05) is 53.1 Å². The fourth-order valence-electron chi connectivity index (χ4n) is 2.08. The molecule has 1 heterocycles. The van der Waals surface area contributed by atoms with Gasteiger partial charge < -0.3 is 10.1 Å². The largest absolute Gasteiger partial charge is 0.392 e. The maximum atomic E-state index is 9.22. The van der Waals surface area contributed by atoms with Crippen LogP contribution >= 0.6 is 12.2 Å². The lowest BCUT2D eigenvalue weighted by Crippen LogP contribution is -1.93. The number of aliphatic hydroxyl groups excluding tert-OH is 1. The molecule has 0 aliphatic carbocycles. The van der Waals surface area contributed by atoms with Crippen LogP contribution in [0.15, 0.2) is 48.5 Å². The van der Waals surface area contributed by atoms with E-state index in [2.05, 4.69) is 4.98 Å². The molecular formula is C14H12N2OS. The summed E-state index contributed by atoms with van der Waals surface area (Å²) in [5.41, 5.74) is 3.85. The Hall–Kier alpha value is -1.91. The van der Waals surface area contributed by atoms with E-state index in [1.165, 1.54) is 0 Å². The molecule has 1 aromatic heterocycles. The second kappa shape index (κ2) is 4.40. The van der Waals surface area contributed by atoms with Gasteiger partial charge in [-0.05, 0) is 42.0 Å². The Labute approximate surface area is 109 Å². The number of benzene rings is 2. The third-order valence-electron chi connectivity index (χ3n) is 2.94. The maximum Gasteiger partial charge on any atom is 0.182 e. The molecule has 0 amide bonds. The third-order valence-corrected chi connectivity index (χ3v) is 3.23. The number of aliphatic hydroxyl groups is 1. The predicted molar refractivity (Wildman–Crippen MR) is 74.4 cm³/mol. The summed E-state index contributed by atoms with van der Waals surface area (Å²) in [7, 11) is 0. The second-order valence-corrected chi connectivity index (χ2v) is 4.50. The molecule has 0 aliphatic heterocycles. The minimum atomic E-state index is 0.0304. The van der Waals surface area contributed by atoms with E-state index >= 15 is 0 Å². The van der Waals surface area contributed by atoms with Gasteiger partial charge in [-0.3, -0.25) is 4.57 Å². The average Bonchev–Trinajstić information content (AvgIpc) is 2.74. The highest BCUT2D eigenvalue weighted by atomic mass is 32.1. The molecular weight excluding hydrogens is 244 g/mol. The van der Waals surface area contributed by atoms with Crippen molar-refractivity contribution in [1.82, 2.24) is 9.55 Å². The van der Waals surface area contributed by atoms with E-state index in [-0.39, 0.29) is 6.61 Å². The Kier molecular flexibility index (Phi) is 2.74. The molecule has 0 aliphatic rings. The van der Waals surface area contributed by atoms with Crippen LogP contribution in [-0.2, 0) is 6.61 Å². The van der Waals surface area contributed by atoms with Gasteiger partial charge in [0.2, 0.25) is 0 Å². The van der Waals surface area contributed by atoms with Crippen molar-refractivity contribution >= 4 is 23.3 Å². The number of imidazole rings is 1. The molecule has 90 valence electrons. The summed E-state index contributed by atoms with van der Waals surface area (Å²) in [5, 5.41) is 9.22. The highest BCUT2D eigenvalue weighted by molar-refractivity contribution is 7.71. The van der Waals surface area contributed by atoms with Crippen LogP contribution in [0.2, 0.25) is 0 Å². The molecule has 3 nitrogen and oxygen atoms in total. The van der Waals surface area contributed by atoms with Crippen molar-refractivity contribution in [3.05, 3.63) is 58.9 Å². The number of nitrogens with one attached hydrogen (secondary N) is 1. The lowest BCUT2D eigenvalue weighted by Gasteiger charge is -2.04. The molecule has 0 saturated heterocycles. The van der Waals surface area contributed by atoms with E-state index in [0.29, 0.717) is 4.77 Å². The normalized spacial score (nSPS) is 10.9. The zero-order chi connectivity index (χ0) is 12.5. The summed E-state index contributed by atoms with van der Waals surface area (Å²) in [6, 6.07) is 15.7. The van der Waals surface area contributed by atoms with Gasteiger partial charge in [0.25, 0.3) is 0 Å².